The number of aromatic hydroxyl groups is 1. The molecule has 0 atom stereocenters. The summed E-state index contributed by atoms with van der Waals surface area (Å²) >= 11 is 5.95. The van der Waals surface area contributed by atoms with Crippen molar-refractivity contribution in [3.8, 4) is 11.5 Å². The molecule has 0 saturated carbocycles. The highest BCUT2D eigenvalue weighted by Crippen LogP contribution is 2.26. The number of phenols is 1. The number of benzene rings is 1. The van der Waals surface area contributed by atoms with Crippen LogP contribution < -0.4 is 4.74 Å². The van der Waals surface area contributed by atoms with Gasteiger partial charge in [-0.25, -0.2) is 9.78 Å². The lowest BCUT2D eigenvalue weighted by atomic mass is 10.3. The van der Waals surface area contributed by atoms with Crippen LogP contribution in [0.2, 0.25) is 5.02 Å². The maximum Gasteiger partial charge on any atom is 0.356 e. The van der Waals surface area contributed by atoms with Crippen molar-refractivity contribution in [1.82, 2.24) is 9.38 Å². The summed E-state index contributed by atoms with van der Waals surface area (Å²) in [6, 6.07) is 9.68. The van der Waals surface area contributed by atoms with Gasteiger partial charge in [0.25, 0.3) is 0 Å². The van der Waals surface area contributed by atoms with Gasteiger partial charge in [0.05, 0.1) is 10.5 Å². The zero-order chi connectivity index (χ0) is 15.7. The third-order valence-electron chi connectivity index (χ3n) is 3.10. The number of carboxylic acid groups (broad SMARTS) is 1. The van der Waals surface area contributed by atoms with E-state index in [2.05, 4.69) is 4.98 Å². The largest absolute Gasteiger partial charge is 0.504 e. The van der Waals surface area contributed by atoms with Gasteiger partial charge in [-0.3, -0.25) is 4.40 Å². The minimum absolute atomic E-state index is 0.000137. The first-order valence-electron chi connectivity index (χ1n) is 6.37. The molecule has 7 heteroatoms. The molecule has 0 saturated heterocycles. The summed E-state index contributed by atoms with van der Waals surface area (Å²) in [6.07, 6.45) is 1.57. The first-order valence-corrected chi connectivity index (χ1v) is 6.74. The molecule has 112 valence electrons. The van der Waals surface area contributed by atoms with E-state index in [1.165, 1.54) is 6.07 Å². The molecule has 0 unspecified atom stereocenters. The van der Waals surface area contributed by atoms with Gasteiger partial charge in [0, 0.05) is 6.20 Å². The topological polar surface area (TPSA) is 84.1 Å². The predicted molar refractivity (Wildman–Crippen MR) is 79.6 cm³/mol. The molecular formula is C15H11ClN2O4. The summed E-state index contributed by atoms with van der Waals surface area (Å²) < 4.78 is 7.06. The van der Waals surface area contributed by atoms with Crippen LogP contribution in [0.1, 0.15) is 16.3 Å². The van der Waals surface area contributed by atoms with Crippen LogP contribution in [-0.2, 0) is 6.61 Å². The molecule has 0 aliphatic heterocycles. The van der Waals surface area contributed by atoms with E-state index in [0.29, 0.717) is 16.4 Å². The number of fused-ring (bicyclic) bond motifs is 1. The quantitative estimate of drug-likeness (QED) is 0.772. The molecular weight excluding hydrogens is 308 g/mol. The van der Waals surface area contributed by atoms with Crippen LogP contribution in [0.3, 0.4) is 0 Å². The van der Waals surface area contributed by atoms with E-state index < -0.39 is 5.97 Å². The monoisotopic (exact) mass is 318 g/mol. The lowest BCUT2D eigenvalue weighted by Crippen LogP contribution is -2.01. The van der Waals surface area contributed by atoms with Crippen LogP contribution >= 0.6 is 11.6 Å². The minimum Gasteiger partial charge on any atom is -0.504 e. The molecule has 2 aromatic heterocycles. The van der Waals surface area contributed by atoms with E-state index in [4.69, 9.17) is 16.3 Å². The number of aromatic carboxylic acids is 1. The van der Waals surface area contributed by atoms with Crippen molar-refractivity contribution in [1.29, 1.82) is 0 Å². The molecule has 2 heterocycles. The minimum atomic E-state index is -1.13. The van der Waals surface area contributed by atoms with E-state index in [-0.39, 0.29) is 23.8 Å². The second kappa shape index (κ2) is 5.57. The van der Waals surface area contributed by atoms with Gasteiger partial charge in [-0.15, -0.1) is 0 Å². The Morgan fingerprint density at radius 1 is 1.27 bits per heavy atom. The van der Waals surface area contributed by atoms with Crippen molar-refractivity contribution >= 4 is 23.1 Å². The molecule has 3 aromatic rings. The molecule has 0 aliphatic carbocycles. The summed E-state index contributed by atoms with van der Waals surface area (Å²) in [5.41, 5.74) is 0.348. The number of nitrogens with zero attached hydrogens (tertiary/aromatic N) is 2. The molecule has 0 bridgehead atoms. The lowest BCUT2D eigenvalue weighted by molar-refractivity contribution is 0.0693. The zero-order valence-corrected chi connectivity index (χ0v) is 12.0. The number of imidazole rings is 1. The molecule has 0 spiro atoms. The Hall–Kier alpha value is -2.73. The van der Waals surface area contributed by atoms with Crippen molar-refractivity contribution in [3.63, 3.8) is 0 Å². The number of rotatable bonds is 4. The summed E-state index contributed by atoms with van der Waals surface area (Å²) in [6.45, 7) is -0.00758. The number of halogens is 1. The number of aromatic nitrogens is 2. The third kappa shape index (κ3) is 2.56. The van der Waals surface area contributed by atoms with Crippen molar-refractivity contribution in [3.05, 3.63) is 59.1 Å². The highest BCUT2D eigenvalue weighted by Gasteiger charge is 2.17. The highest BCUT2D eigenvalue weighted by atomic mass is 35.5. The first kappa shape index (κ1) is 14.2. The van der Waals surface area contributed by atoms with Crippen LogP contribution in [-0.4, -0.2) is 25.6 Å². The van der Waals surface area contributed by atoms with Crippen molar-refractivity contribution in [2.24, 2.45) is 0 Å². The van der Waals surface area contributed by atoms with Gasteiger partial charge in [-0.1, -0.05) is 23.7 Å². The zero-order valence-electron chi connectivity index (χ0n) is 11.2. The number of carbonyl (C=O) groups is 1. The number of ether oxygens (including phenoxy) is 1. The Morgan fingerprint density at radius 3 is 2.77 bits per heavy atom. The SMILES string of the molecule is O=C(O)c1nc(COc2ccccc2O)n2cc(Cl)ccc12. The van der Waals surface area contributed by atoms with E-state index in [0.717, 1.165) is 0 Å². The lowest BCUT2D eigenvalue weighted by Gasteiger charge is -2.07. The second-order valence-electron chi connectivity index (χ2n) is 4.54. The van der Waals surface area contributed by atoms with Crippen molar-refractivity contribution < 1.29 is 19.7 Å². The van der Waals surface area contributed by atoms with E-state index in [1.807, 2.05) is 0 Å². The Balaban J connectivity index is 1.98. The van der Waals surface area contributed by atoms with Crippen LogP contribution in [0.4, 0.5) is 0 Å². The fourth-order valence-electron chi connectivity index (χ4n) is 2.10. The van der Waals surface area contributed by atoms with Crippen LogP contribution in [0, 0.1) is 0 Å². The smallest absolute Gasteiger partial charge is 0.356 e. The van der Waals surface area contributed by atoms with Crippen molar-refractivity contribution in [2.75, 3.05) is 0 Å². The Morgan fingerprint density at radius 2 is 2.05 bits per heavy atom. The van der Waals surface area contributed by atoms with E-state index in [9.17, 15) is 15.0 Å². The number of para-hydroxylation sites is 2. The van der Waals surface area contributed by atoms with Gasteiger partial charge in [-0.2, -0.15) is 0 Å². The number of hydrogen-bond acceptors (Lipinski definition) is 4. The van der Waals surface area contributed by atoms with E-state index in [1.54, 1.807) is 40.9 Å². The van der Waals surface area contributed by atoms with Crippen LogP contribution in [0.5, 0.6) is 11.5 Å². The molecule has 22 heavy (non-hydrogen) atoms. The maximum absolute atomic E-state index is 11.3. The summed E-state index contributed by atoms with van der Waals surface area (Å²) in [4.78, 5) is 15.3. The number of hydrogen-bond donors (Lipinski definition) is 2. The standard InChI is InChI=1S/C15H11ClN2O4/c16-9-5-6-10-14(15(20)21)17-13(18(10)7-9)8-22-12-4-2-1-3-11(12)19/h1-7,19H,8H2,(H,20,21). The normalized spacial score (nSPS) is 10.8. The van der Waals surface area contributed by atoms with E-state index >= 15 is 0 Å². The number of pyridine rings is 1. The van der Waals surface area contributed by atoms with Gasteiger partial charge >= 0.3 is 5.97 Å². The van der Waals surface area contributed by atoms with Gasteiger partial charge < -0.3 is 14.9 Å². The molecule has 0 aliphatic rings. The average Bonchev–Trinajstić information content (AvgIpc) is 2.84. The van der Waals surface area contributed by atoms with Gasteiger partial charge in [0.2, 0.25) is 0 Å². The Labute approximate surface area is 130 Å². The summed E-state index contributed by atoms with van der Waals surface area (Å²) in [7, 11) is 0. The fourth-order valence-corrected chi connectivity index (χ4v) is 2.26. The first-order chi connectivity index (χ1) is 10.6. The van der Waals surface area contributed by atoms with Gasteiger partial charge in [0.1, 0.15) is 6.61 Å². The summed E-state index contributed by atoms with van der Waals surface area (Å²) in [5.74, 6) is -0.468. The molecule has 0 radical (unpaired) electrons. The average molecular weight is 319 g/mol. The number of carboxylic acids is 1. The summed E-state index contributed by atoms with van der Waals surface area (Å²) in [5, 5.41) is 19.3. The predicted octanol–water partition coefficient (Wildman–Crippen LogP) is 2.97. The second-order valence-corrected chi connectivity index (χ2v) is 4.98. The Bertz CT molecular complexity index is 860. The van der Waals surface area contributed by atoms with Gasteiger partial charge in [-0.05, 0) is 24.3 Å². The molecule has 3 rings (SSSR count). The van der Waals surface area contributed by atoms with Crippen molar-refractivity contribution in [2.45, 2.75) is 6.61 Å². The molecule has 1 aromatic carbocycles. The van der Waals surface area contributed by atoms with Crippen LogP contribution in [0.15, 0.2) is 42.6 Å². The Kier molecular flexibility index (Phi) is 3.60. The molecule has 0 amide bonds. The van der Waals surface area contributed by atoms with Gasteiger partial charge in [0.15, 0.2) is 23.0 Å². The molecule has 6 nitrogen and oxygen atoms in total. The van der Waals surface area contributed by atoms with Crippen LogP contribution in [0.25, 0.3) is 5.52 Å². The fraction of sp³-hybridized carbons (Fsp3) is 0.0667. The highest BCUT2D eigenvalue weighted by molar-refractivity contribution is 6.30. The number of phenolic OH excluding ortho intramolecular Hbond substituents is 1. The third-order valence-corrected chi connectivity index (χ3v) is 3.32. The molecule has 2 N–H and O–H groups in total. The molecule has 0 fully saturated rings. The maximum atomic E-state index is 11.3.